The summed E-state index contributed by atoms with van der Waals surface area (Å²) in [5.41, 5.74) is 7.19. The van der Waals surface area contributed by atoms with Gasteiger partial charge in [0.2, 0.25) is 10.0 Å². The van der Waals surface area contributed by atoms with E-state index in [9.17, 15) is 8.42 Å². The number of halogens is 2. The zero-order valence-corrected chi connectivity index (χ0v) is 12.8. The van der Waals surface area contributed by atoms with Gasteiger partial charge in [0.05, 0.1) is 16.9 Å². The van der Waals surface area contributed by atoms with Crippen LogP contribution in [0.4, 0.5) is 5.69 Å². The van der Waals surface area contributed by atoms with Crippen LogP contribution in [0, 0.1) is 6.92 Å². The predicted molar refractivity (Wildman–Crippen MR) is 78.2 cm³/mol. The highest BCUT2D eigenvalue weighted by Gasteiger charge is 2.22. The SMILES string of the molecule is Cc1[nH]ncc1CNS(=O)(=O)c1c(N)cc(Cl)cc1Cl. The van der Waals surface area contributed by atoms with Crippen molar-refractivity contribution in [2.24, 2.45) is 0 Å². The van der Waals surface area contributed by atoms with Crippen LogP contribution in [0.3, 0.4) is 0 Å². The molecule has 2 rings (SSSR count). The van der Waals surface area contributed by atoms with Gasteiger partial charge in [0, 0.05) is 22.8 Å². The van der Waals surface area contributed by atoms with E-state index in [2.05, 4.69) is 14.9 Å². The van der Waals surface area contributed by atoms with Crippen LogP contribution in [0.2, 0.25) is 10.0 Å². The van der Waals surface area contributed by atoms with E-state index in [1.165, 1.54) is 12.1 Å². The van der Waals surface area contributed by atoms with E-state index in [1.54, 1.807) is 13.1 Å². The lowest BCUT2D eigenvalue weighted by atomic mass is 10.3. The number of sulfonamides is 1. The predicted octanol–water partition coefficient (Wildman–Crippen LogP) is 2.09. The molecule has 0 aliphatic rings. The molecule has 0 amide bonds. The van der Waals surface area contributed by atoms with Crippen LogP contribution in [0.1, 0.15) is 11.3 Å². The fourth-order valence-electron chi connectivity index (χ4n) is 1.66. The Morgan fingerprint density at radius 2 is 2.10 bits per heavy atom. The van der Waals surface area contributed by atoms with E-state index in [0.29, 0.717) is 0 Å². The highest BCUT2D eigenvalue weighted by molar-refractivity contribution is 7.89. The lowest BCUT2D eigenvalue weighted by Gasteiger charge is -2.11. The molecule has 1 aromatic carbocycles. The van der Waals surface area contributed by atoms with Crippen LogP contribution < -0.4 is 10.5 Å². The Balaban J connectivity index is 2.30. The first-order chi connectivity index (χ1) is 9.31. The van der Waals surface area contributed by atoms with Crippen molar-refractivity contribution in [2.45, 2.75) is 18.4 Å². The lowest BCUT2D eigenvalue weighted by Crippen LogP contribution is -2.24. The molecule has 0 saturated heterocycles. The molecule has 9 heteroatoms. The molecule has 4 N–H and O–H groups in total. The van der Waals surface area contributed by atoms with Gasteiger partial charge in [-0.15, -0.1) is 0 Å². The number of nitrogens with two attached hydrogens (primary N) is 1. The number of aromatic nitrogens is 2. The van der Waals surface area contributed by atoms with Crippen molar-refractivity contribution in [1.82, 2.24) is 14.9 Å². The average molecular weight is 335 g/mol. The molecule has 108 valence electrons. The maximum absolute atomic E-state index is 12.2. The summed E-state index contributed by atoms with van der Waals surface area (Å²) in [6, 6.07) is 2.67. The van der Waals surface area contributed by atoms with Crippen LogP contribution in [-0.4, -0.2) is 18.6 Å². The minimum atomic E-state index is -3.84. The number of nitrogen functional groups attached to an aromatic ring is 1. The van der Waals surface area contributed by atoms with Crippen LogP contribution in [0.15, 0.2) is 23.2 Å². The molecule has 0 bridgehead atoms. The molecule has 0 aliphatic carbocycles. The van der Waals surface area contributed by atoms with Crippen molar-refractivity contribution in [3.05, 3.63) is 39.6 Å². The summed E-state index contributed by atoms with van der Waals surface area (Å²) < 4.78 is 26.9. The summed E-state index contributed by atoms with van der Waals surface area (Å²) in [5.74, 6) is 0. The van der Waals surface area contributed by atoms with Crippen molar-refractivity contribution in [1.29, 1.82) is 0 Å². The quantitative estimate of drug-likeness (QED) is 0.745. The van der Waals surface area contributed by atoms with Gasteiger partial charge in [-0.2, -0.15) is 5.10 Å². The second-order valence-electron chi connectivity index (χ2n) is 4.15. The molecule has 0 spiro atoms. The maximum Gasteiger partial charge on any atom is 0.244 e. The van der Waals surface area contributed by atoms with E-state index in [4.69, 9.17) is 28.9 Å². The summed E-state index contributed by atoms with van der Waals surface area (Å²) in [4.78, 5) is -0.176. The standard InChI is InChI=1S/C11H12Cl2N4O2S/c1-6-7(4-15-17-6)5-16-20(18,19)11-9(13)2-8(12)3-10(11)14/h2-4,16H,5,14H2,1H3,(H,15,17). The summed E-state index contributed by atoms with van der Waals surface area (Å²) in [5, 5.41) is 6.79. The van der Waals surface area contributed by atoms with Crippen LogP contribution in [0.25, 0.3) is 0 Å². The number of nitrogens with one attached hydrogen (secondary N) is 2. The van der Waals surface area contributed by atoms with Crippen molar-refractivity contribution >= 4 is 38.9 Å². The number of H-pyrrole nitrogens is 1. The molecule has 20 heavy (non-hydrogen) atoms. The third-order valence-electron chi connectivity index (χ3n) is 2.69. The maximum atomic E-state index is 12.2. The van der Waals surface area contributed by atoms with Gasteiger partial charge in [-0.25, -0.2) is 13.1 Å². The number of anilines is 1. The molecule has 0 fully saturated rings. The lowest BCUT2D eigenvalue weighted by molar-refractivity contribution is 0.581. The monoisotopic (exact) mass is 334 g/mol. The fourth-order valence-corrected chi connectivity index (χ4v) is 3.65. The Labute approximate surface area is 126 Å². The number of nitrogens with zero attached hydrogens (tertiary/aromatic N) is 1. The number of aromatic amines is 1. The van der Waals surface area contributed by atoms with Crippen molar-refractivity contribution in [3.8, 4) is 0 Å². The topological polar surface area (TPSA) is 101 Å². The molecule has 0 aliphatic heterocycles. The number of hydrogen-bond donors (Lipinski definition) is 3. The molecule has 0 radical (unpaired) electrons. The molecule has 0 saturated carbocycles. The van der Waals surface area contributed by atoms with Gasteiger partial charge in [0.1, 0.15) is 4.90 Å². The number of benzene rings is 1. The molecule has 1 heterocycles. The average Bonchev–Trinajstić information content (AvgIpc) is 2.70. The van der Waals surface area contributed by atoms with E-state index in [1.807, 2.05) is 0 Å². The van der Waals surface area contributed by atoms with Crippen LogP contribution in [0.5, 0.6) is 0 Å². The largest absolute Gasteiger partial charge is 0.398 e. The smallest absolute Gasteiger partial charge is 0.244 e. The van der Waals surface area contributed by atoms with Gasteiger partial charge in [-0.3, -0.25) is 5.10 Å². The molecule has 2 aromatic rings. The third kappa shape index (κ3) is 3.06. The van der Waals surface area contributed by atoms with E-state index in [0.717, 1.165) is 11.3 Å². The van der Waals surface area contributed by atoms with Gasteiger partial charge in [-0.05, 0) is 19.1 Å². The van der Waals surface area contributed by atoms with Crippen LogP contribution in [-0.2, 0) is 16.6 Å². The minimum absolute atomic E-state index is 0.00100. The highest BCUT2D eigenvalue weighted by Crippen LogP contribution is 2.31. The number of rotatable bonds is 4. The normalized spacial score (nSPS) is 11.8. The summed E-state index contributed by atoms with van der Waals surface area (Å²) in [7, 11) is -3.84. The summed E-state index contributed by atoms with van der Waals surface area (Å²) in [6.45, 7) is 1.88. The first kappa shape index (κ1) is 15.1. The van der Waals surface area contributed by atoms with Gasteiger partial charge in [0.25, 0.3) is 0 Å². The van der Waals surface area contributed by atoms with Gasteiger partial charge < -0.3 is 5.73 Å². The zero-order chi connectivity index (χ0) is 14.9. The van der Waals surface area contributed by atoms with Gasteiger partial charge >= 0.3 is 0 Å². The number of aryl methyl sites for hydroxylation is 1. The fraction of sp³-hybridized carbons (Fsp3) is 0.182. The molecule has 0 unspecified atom stereocenters. The van der Waals surface area contributed by atoms with Gasteiger partial charge in [-0.1, -0.05) is 23.2 Å². The molecule has 6 nitrogen and oxygen atoms in total. The Kier molecular flexibility index (Phi) is 4.24. The number of hydrogen-bond acceptors (Lipinski definition) is 4. The Morgan fingerprint density at radius 3 is 2.65 bits per heavy atom. The molecule has 0 atom stereocenters. The van der Waals surface area contributed by atoms with E-state index in [-0.39, 0.29) is 27.2 Å². The minimum Gasteiger partial charge on any atom is -0.398 e. The van der Waals surface area contributed by atoms with E-state index < -0.39 is 10.0 Å². The van der Waals surface area contributed by atoms with Gasteiger partial charge in [0.15, 0.2) is 0 Å². The third-order valence-corrected chi connectivity index (χ3v) is 4.84. The molecular weight excluding hydrogens is 323 g/mol. The van der Waals surface area contributed by atoms with Crippen LogP contribution >= 0.6 is 23.2 Å². The Hall–Kier alpha value is -1.28. The highest BCUT2D eigenvalue weighted by atomic mass is 35.5. The molecule has 1 aromatic heterocycles. The Morgan fingerprint density at radius 1 is 1.40 bits per heavy atom. The van der Waals surface area contributed by atoms with E-state index >= 15 is 0 Å². The first-order valence-electron chi connectivity index (χ1n) is 5.54. The molecular formula is C11H12Cl2N4O2S. The summed E-state index contributed by atoms with van der Waals surface area (Å²) in [6.07, 6.45) is 1.55. The van der Waals surface area contributed by atoms with Crippen molar-refractivity contribution in [2.75, 3.05) is 5.73 Å². The Bertz CT molecular complexity index is 720. The zero-order valence-electron chi connectivity index (χ0n) is 10.4. The van der Waals surface area contributed by atoms with Crippen molar-refractivity contribution in [3.63, 3.8) is 0 Å². The van der Waals surface area contributed by atoms with Crippen molar-refractivity contribution < 1.29 is 8.42 Å². The second kappa shape index (κ2) is 5.61. The first-order valence-corrected chi connectivity index (χ1v) is 7.78. The summed E-state index contributed by atoms with van der Waals surface area (Å²) >= 11 is 11.7. The second-order valence-corrected chi connectivity index (χ2v) is 6.70.